The number of nitrogens with zero attached hydrogens (tertiary/aromatic N) is 1. The lowest BCUT2D eigenvalue weighted by Crippen LogP contribution is -2.14. The molecule has 1 aliphatic rings. The fourth-order valence-corrected chi connectivity index (χ4v) is 3.27. The van der Waals surface area contributed by atoms with Gasteiger partial charge in [0.2, 0.25) is 0 Å². The lowest BCUT2D eigenvalue weighted by Gasteiger charge is -2.21. The van der Waals surface area contributed by atoms with Gasteiger partial charge in [-0.3, -0.25) is 0 Å². The number of fused-ring (bicyclic) bond motifs is 1. The first-order valence-electron chi connectivity index (χ1n) is 8.48. The summed E-state index contributed by atoms with van der Waals surface area (Å²) in [4.78, 5) is 0. The Bertz CT molecular complexity index is 992. The molecule has 5 heteroatoms. The van der Waals surface area contributed by atoms with E-state index in [1.807, 2.05) is 60.7 Å². The normalized spacial score (nSPS) is 12.6. The summed E-state index contributed by atoms with van der Waals surface area (Å²) >= 11 is 6.19. The highest BCUT2D eigenvalue weighted by molar-refractivity contribution is 6.30. The molecular formula is C22H16ClNO3. The van der Waals surface area contributed by atoms with Crippen molar-refractivity contribution >= 4 is 11.6 Å². The number of nitriles is 1. The Morgan fingerprint density at radius 1 is 1.00 bits per heavy atom. The second kappa shape index (κ2) is 7.71. The van der Waals surface area contributed by atoms with Crippen LogP contribution in [-0.2, 0) is 18.0 Å². The van der Waals surface area contributed by atoms with E-state index in [4.69, 9.17) is 31.1 Å². The van der Waals surface area contributed by atoms with Crippen LogP contribution in [0.15, 0.2) is 60.7 Å². The van der Waals surface area contributed by atoms with Crippen LogP contribution in [0.2, 0.25) is 5.02 Å². The first-order valence-corrected chi connectivity index (χ1v) is 8.86. The van der Waals surface area contributed by atoms with Crippen LogP contribution in [0.3, 0.4) is 0 Å². The minimum absolute atomic E-state index is 0.237. The highest BCUT2D eigenvalue weighted by atomic mass is 35.5. The van der Waals surface area contributed by atoms with E-state index >= 15 is 0 Å². The van der Waals surface area contributed by atoms with Gasteiger partial charge in [-0.25, -0.2) is 0 Å². The first-order chi connectivity index (χ1) is 13.2. The van der Waals surface area contributed by atoms with Gasteiger partial charge in [-0.15, -0.1) is 0 Å². The van der Waals surface area contributed by atoms with E-state index in [0.717, 1.165) is 33.8 Å². The van der Waals surface area contributed by atoms with Gasteiger partial charge < -0.3 is 14.2 Å². The van der Waals surface area contributed by atoms with E-state index in [9.17, 15) is 0 Å². The Kier molecular flexibility index (Phi) is 4.97. The van der Waals surface area contributed by atoms with E-state index in [1.165, 1.54) is 0 Å². The summed E-state index contributed by atoms with van der Waals surface area (Å²) in [6.07, 6.45) is 0. The number of hydrogen-bond acceptors (Lipinski definition) is 4. The molecule has 0 fully saturated rings. The number of benzene rings is 3. The van der Waals surface area contributed by atoms with Gasteiger partial charge in [0, 0.05) is 16.1 Å². The van der Waals surface area contributed by atoms with Crippen LogP contribution in [0.1, 0.15) is 16.7 Å². The number of ether oxygens (including phenoxy) is 3. The maximum absolute atomic E-state index is 8.89. The minimum atomic E-state index is 0.237. The van der Waals surface area contributed by atoms with Crippen molar-refractivity contribution in [2.45, 2.75) is 13.2 Å². The molecule has 134 valence electrons. The van der Waals surface area contributed by atoms with Crippen molar-refractivity contribution in [2.24, 2.45) is 0 Å². The number of rotatable bonds is 4. The second-order valence-electron chi connectivity index (χ2n) is 6.17. The minimum Gasteiger partial charge on any atom is -0.489 e. The topological polar surface area (TPSA) is 51.5 Å². The fraction of sp³-hybridized carbons (Fsp3) is 0.136. The molecule has 3 aromatic carbocycles. The summed E-state index contributed by atoms with van der Waals surface area (Å²) in [5.41, 5.74) is 4.60. The Morgan fingerprint density at radius 3 is 2.41 bits per heavy atom. The molecule has 0 aromatic heterocycles. The number of halogens is 1. The smallest absolute Gasteiger partial charge is 0.189 e. The largest absolute Gasteiger partial charge is 0.489 e. The second-order valence-corrected chi connectivity index (χ2v) is 6.60. The third-order valence-electron chi connectivity index (χ3n) is 4.35. The zero-order valence-electron chi connectivity index (χ0n) is 14.4. The molecule has 0 unspecified atom stereocenters. The molecule has 0 spiro atoms. The van der Waals surface area contributed by atoms with Gasteiger partial charge in [0.1, 0.15) is 18.1 Å². The van der Waals surface area contributed by atoms with Crippen LogP contribution in [0.4, 0.5) is 0 Å². The van der Waals surface area contributed by atoms with Crippen LogP contribution in [0.5, 0.6) is 11.5 Å². The van der Waals surface area contributed by atoms with Gasteiger partial charge in [0.15, 0.2) is 6.79 Å². The van der Waals surface area contributed by atoms with Crippen molar-refractivity contribution in [1.29, 1.82) is 5.26 Å². The van der Waals surface area contributed by atoms with Crippen LogP contribution in [-0.4, -0.2) is 6.79 Å². The van der Waals surface area contributed by atoms with Crippen molar-refractivity contribution in [1.82, 2.24) is 0 Å². The van der Waals surface area contributed by atoms with Crippen molar-refractivity contribution < 1.29 is 14.2 Å². The lowest BCUT2D eigenvalue weighted by atomic mass is 10.0. The molecule has 0 N–H and O–H groups in total. The van der Waals surface area contributed by atoms with Gasteiger partial charge in [0.25, 0.3) is 0 Å². The van der Waals surface area contributed by atoms with Crippen LogP contribution in [0.25, 0.3) is 11.1 Å². The molecular weight excluding hydrogens is 362 g/mol. The van der Waals surface area contributed by atoms with Crippen molar-refractivity contribution in [2.75, 3.05) is 6.79 Å². The molecule has 0 atom stereocenters. The van der Waals surface area contributed by atoms with Gasteiger partial charge >= 0.3 is 0 Å². The molecule has 27 heavy (non-hydrogen) atoms. The summed E-state index contributed by atoms with van der Waals surface area (Å²) in [6.45, 7) is 1.09. The molecule has 0 saturated heterocycles. The highest BCUT2D eigenvalue weighted by Gasteiger charge is 2.16. The van der Waals surface area contributed by atoms with Crippen LogP contribution >= 0.6 is 11.6 Å². The molecule has 0 amide bonds. The van der Waals surface area contributed by atoms with Crippen LogP contribution in [0, 0.1) is 11.3 Å². The third-order valence-corrected chi connectivity index (χ3v) is 4.57. The zero-order valence-corrected chi connectivity index (χ0v) is 15.2. The zero-order chi connectivity index (χ0) is 18.6. The Morgan fingerprint density at radius 2 is 1.70 bits per heavy atom. The highest BCUT2D eigenvalue weighted by Crippen LogP contribution is 2.32. The summed E-state index contributed by atoms with van der Waals surface area (Å²) in [5, 5.41) is 9.53. The monoisotopic (exact) mass is 377 g/mol. The Balaban J connectivity index is 1.48. The van der Waals surface area contributed by atoms with Crippen LogP contribution < -0.4 is 9.47 Å². The van der Waals surface area contributed by atoms with Gasteiger partial charge in [-0.1, -0.05) is 35.9 Å². The van der Waals surface area contributed by atoms with E-state index in [0.29, 0.717) is 23.8 Å². The molecule has 0 aliphatic carbocycles. The van der Waals surface area contributed by atoms with E-state index in [1.54, 1.807) is 0 Å². The fourth-order valence-electron chi connectivity index (χ4n) is 3.01. The molecule has 1 heterocycles. The molecule has 4 nitrogen and oxygen atoms in total. The average Bonchev–Trinajstić information content (AvgIpc) is 2.72. The van der Waals surface area contributed by atoms with E-state index in [-0.39, 0.29) is 6.79 Å². The van der Waals surface area contributed by atoms with Gasteiger partial charge in [-0.05, 0) is 47.5 Å². The molecule has 0 bridgehead atoms. The summed E-state index contributed by atoms with van der Waals surface area (Å²) in [7, 11) is 0. The van der Waals surface area contributed by atoms with Crippen molar-refractivity contribution in [3.05, 3.63) is 82.4 Å². The summed E-state index contributed by atoms with van der Waals surface area (Å²) in [6, 6.07) is 21.2. The predicted molar refractivity (Wildman–Crippen MR) is 103 cm³/mol. The average molecular weight is 378 g/mol. The Labute approximate surface area is 162 Å². The third kappa shape index (κ3) is 3.90. The molecule has 4 rings (SSSR count). The van der Waals surface area contributed by atoms with Crippen molar-refractivity contribution in [3.63, 3.8) is 0 Å². The summed E-state index contributed by atoms with van der Waals surface area (Å²) in [5.74, 6) is 1.55. The van der Waals surface area contributed by atoms with Gasteiger partial charge in [-0.2, -0.15) is 5.26 Å². The maximum atomic E-state index is 8.89. The molecule has 1 aliphatic heterocycles. The first kappa shape index (κ1) is 17.4. The SMILES string of the molecule is N#Cc1ccc(-c2ccc(OCc3cc(Cl)cc4c3OCOC4)cc2)cc1. The number of hydrogen-bond donors (Lipinski definition) is 0. The standard InChI is InChI=1S/C22H16ClNO3/c23-20-9-18-12-25-14-27-22(18)19(10-20)13-26-21-7-5-17(6-8-21)16-3-1-15(11-24)2-4-16/h1-10H,12-14H2. The van der Waals surface area contributed by atoms with Gasteiger partial charge in [0.05, 0.1) is 18.2 Å². The maximum Gasteiger partial charge on any atom is 0.189 e. The Hall–Kier alpha value is -3.00. The molecule has 0 radical (unpaired) electrons. The summed E-state index contributed by atoms with van der Waals surface area (Å²) < 4.78 is 16.8. The van der Waals surface area contributed by atoms with E-state index in [2.05, 4.69) is 6.07 Å². The lowest BCUT2D eigenvalue weighted by molar-refractivity contribution is -0.0175. The quantitative estimate of drug-likeness (QED) is 0.617. The van der Waals surface area contributed by atoms with E-state index < -0.39 is 0 Å². The molecule has 3 aromatic rings. The van der Waals surface area contributed by atoms with Crippen molar-refractivity contribution in [3.8, 4) is 28.7 Å². The molecule has 0 saturated carbocycles. The predicted octanol–water partition coefficient (Wildman–Crippen LogP) is 5.32.